The van der Waals surface area contributed by atoms with Crippen LogP contribution in [0.5, 0.6) is 5.75 Å². The Morgan fingerprint density at radius 1 is 1.04 bits per heavy atom. The molecule has 6 heteroatoms. The van der Waals surface area contributed by atoms with Gasteiger partial charge >= 0.3 is 0 Å². The summed E-state index contributed by atoms with van der Waals surface area (Å²) in [5, 5.41) is 12.5. The SMILES string of the molecule is COc1ccccc1Nc1nnc(SCc2ccc(C(C)(C)C)cc2)s1. The van der Waals surface area contributed by atoms with Gasteiger partial charge in [0.25, 0.3) is 0 Å². The lowest BCUT2D eigenvalue weighted by atomic mass is 9.87. The Bertz CT molecular complexity index is 854. The van der Waals surface area contributed by atoms with Crippen LogP contribution in [0.2, 0.25) is 0 Å². The first-order valence-electron chi connectivity index (χ1n) is 8.41. The lowest BCUT2D eigenvalue weighted by Gasteiger charge is -2.19. The molecule has 0 aliphatic heterocycles. The van der Waals surface area contributed by atoms with E-state index >= 15 is 0 Å². The monoisotopic (exact) mass is 385 g/mol. The molecule has 0 saturated heterocycles. The van der Waals surface area contributed by atoms with Crippen molar-refractivity contribution < 1.29 is 4.74 Å². The van der Waals surface area contributed by atoms with Crippen molar-refractivity contribution in [3.05, 3.63) is 59.7 Å². The number of nitrogens with one attached hydrogen (secondary N) is 1. The van der Waals surface area contributed by atoms with Gasteiger partial charge in [-0.2, -0.15) is 0 Å². The summed E-state index contributed by atoms with van der Waals surface area (Å²) < 4.78 is 6.30. The predicted molar refractivity (Wildman–Crippen MR) is 111 cm³/mol. The summed E-state index contributed by atoms with van der Waals surface area (Å²) in [5.74, 6) is 1.67. The number of nitrogens with zero attached hydrogens (tertiary/aromatic N) is 2. The summed E-state index contributed by atoms with van der Waals surface area (Å²) in [4.78, 5) is 0. The molecule has 0 bridgehead atoms. The first-order valence-corrected chi connectivity index (χ1v) is 10.2. The van der Waals surface area contributed by atoms with Crippen LogP contribution in [0.3, 0.4) is 0 Å². The Balaban J connectivity index is 1.60. The highest BCUT2D eigenvalue weighted by Gasteiger charge is 2.13. The Kier molecular flexibility index (Phi) is 5.84. The number of benzene rings is 2. The van der Waals surface area contributed by atoms with E-state index in [9.17, 15) is 0 Å². The van der Waals surface area contributed by atoms with Gasteiger partial charge in [-0.05, 0) is 28.7 Å². The average Bonchev–Trinajstić information content (AvgIpc) is 3.07. The van der Waals surface area contributed by atoms with Gasteiger partial charge < -0.3 is 10.1 Å². The summed E-state index contributed by atoms with van der Waals surface area (Å²) in [6.07, 6.45) is 0. The van der Waals surface area contributed by atoms with Gasteiger partial charge in [0.05, 0.1) is 12.8 Å². The van der Waals surface area contributed by atoms with Crippen molar-refractivity contribution >= 4 is 33.9 Å². The molecule has 1 aromatic heterocycles. The van der Waals surface area contributed by atoms with Crippen LogP contribution in [0.4, 0.5) is 10.8 Å². The van der Waals surface area contributed by atoms with E-state index in [0.717, 1.165) is 26.7 Å². The zero-order chi connectivity index (χ0) is 18.6. The molecule has 1 heterocycles. The van der Waals surface area contributed by atoms with Gasteiger partial charge in [0.2, 0.25) is 5.13 Å². The summed E-state index contributed by atoms with van der Waals surface area (Å²) in [6.45, 7) is 6.69. The van der Waals surface area contributed by atoms with Crippen LogP contribution >= 0.6 is 23.1 Å². The zero-order valence-corrected chi connectivity index (χ0v) is 17.1. The number of ether oxygens (including phenoxy) is 1. The van der Waals surface area contributed by atoms with Crippen LogP contribution < -0.4 is 10.1 Å². The van der Waals surface area contributed by atoms with Gasteiger partial charge in [-0.25, -0.2) is 0 Å². The molecule has 1 N–H and O–H groups in total. The first kappa shape index (κ1) is 18.7. The van der Waals surface area contributed by atoms with Crippen LogP contribution in [-0.2, 0) is 11.2 Å². The van der Waals surface area contributed by atoms with Gasteiger partial charge in [0.1, 0.15) is 5.75 Å². The molecule has 0 amide bonds. The molecule has 26 heavy (non-hydrogen) atoms. The summed E-state index contributed by atoms with van der Waals surface area (Å²) >= 11 is 3.25. The molecule has 4 nitrogen and oxygen atoms in total. The molecule has 0 atom stereocenters. The third-order valence-corrected chi connectivity index (χ3v) is 5.98. The fourth-order valence-corrected chi connectivity index (χ4v) is 4.15. The number of aromatic nitrogens is 2. The quantitative estimate of drug-likeness (QED) is 0.537. The third-order valence-electron chi connectivity index (χ3n) is 3.94. The Morgan fingerprint density at radius 3 is 2.46 bits per heavy atom. The van der Waals surface area contributed by atoms with E-state index in [-0.39, 0.29) is 5.41 Å². The zero-order valence-electron chi connectivity index (χ0n) is 15.4. The summed E-state index contributed by atoms with van der Waals surface area (Å²) in [6, 6.07) is 16.6. The van der Waals surface area contributed by atoms with E-state index in [0.29, 0.717) is 0 Å². The van der Waals surface area contributed by atoms with Crippen molar-refractivity contribution in [3.8, 4) is 5.75 Å². The number of thioether (sulfide) groups is 1. The van der Waals surface area contributed by atoms with Gasteiger partial charge in [-0.15, -0.1) is 10.2 Å². The van der Waals surface area contributed by atoms with Crippen LogP contribution in [0, 0.1) is 0 Å². The second-order valence-corrected chi connectivity index (χ2v) is 9.13. The maximum absolute atomic E-state index is 5.35. The second kappa shape index (κ2) is 8.10. The van der Waals surface area contributed by atoms with Gasteiger partial charge in [-0.1, -0.05) is 80.3 Å². The van der Waals surface area contributed by atoms with E-state index < -0.39 is 0 Å². The van der Waals surface area contributed by atoms with Gasteiger partial charge in [-0.3, -0.25) is 0 Å². The van der Waals surface area contributed by atoms with Crippen molar-refractivity contribution in [2.45, 2.75) is 36.3 Å². The molecule has 136 valence electrons. The molecular weight excluding hydrogens is 362 g/mol. The van der Waals surface area contributed by atoms with Crippen molar-refractivity contribution in [1.29, 1.82) is 0 Å². The van der Waals surface area contributed by atoms with Crippen molar-refractivity contribution in [2.24, 2.45) is 0 Å². The first-order chi connectivity index (χ1) is 12.5. The molecule has 0 aliphatic carbocycles. The fraction of sp³-hybridized carbons (Fsp3) is 0.300. The third kappa shape index (κ3) is 4.77. The molecular formula is C20H23N3OS2. The molecule has 2 aromatic carbocycles. The number of rotatable bonds is 6. The van der Waals surface area contributed by atoms with Gasteiger partial charge in [0.15, 0.2) is 4.34 Å². The van der Waals surface area contributed by atoms with Crippen molar-refractivity contribution in [3.63, 3.8) is 0 Å². The van der Waals surface area contributed by atoms with Crippen molar-refractivity contribution in [1.82, 2.24) is 10.2 Å². The van der Waals surface area contributed by atoms with Crippen LogP contribution in [-0.4, -0.2) is 17.3 Å². The highest BCUT2D eigenvalue weighted by atomic mass is 32.2. The second-order valence-electron chi connectivity index (χ2n) is 6.93. The molecule has 0 radical (unpaired) electrons. The highest BCUT2D eigenvalue weighted by Crippen LogP contribution is 2.33. The lowest BCUT2D eigenvalue weighted by Crippen LogP contribution is -2.10. The van der Waals surface area contributed by atoms with Crippen LogP contribution in [0.25, 0.3) is 0 Å². The Labute approximate surface area is 163 Å². The van der Waals surface area contributed by atoms with E-state index in [4.69, 9.17) is 4.74 Å². The molecule has 0 saturated carbocycles. The van der Waals surface area contributed by atoms with Gasteiger partial charge in [0, 0.05) is 5.75 Å². The maximum atomic E-state index is 5.35. The van der Waals surface area contributed by atoms with E-state index in [1.54, 1.807) is 30.2 Å². The Hall–Kier alpha value is -2.05. The minimum Gasteiger partial charge on any atom is -0.495 e. The van der Waals surface area contributed by atoms with E-state index in [1.165, 1.54) is 11.1 Å². The minimum absolute atomic E-state index is 0.184. The molecule has 0 spiro atoms. The van der Waals surface area contributed by atoms with E-state index in [2.05, 4.69) is 60.6 Å². The maximum Gasteiger partial charge on any atom is 0.210 e. The predicted octanol–water partition coefficient (Wildman–Crippen LogP) is 5.88. The highest BCUT2D eigenvalue weighted by molar-refractivity contribution is 8.00. The topological polar surface area (TPSA) is 47.0 Å². The molecule has 3 rings (SSSR count). The summed E-state index contributed by atoms with van der Waals surface area (Å²) in [7, 11) is 1.66. The smallest absolute Gasteiger partial charge is 0.210 e. The number of para-hydroxylation sites is 2. The number of hydrogen-bond donors (Lipinski definition) is 1. The summed E-state index contributed by atoms with van der Waals surface area (Å²) in [5.41, 5.74) is 3.72. The fourth-order valence-electron chi connectivity index (χ4n) is 2.43. The number of anilines is 2. The molecule has 0 fully saturated rings. The number of methoxy groups -OCH3 is 1. The van der Waals surface area contributed by atoms with Crippen LogP contribution in [0.15, 0.2) is 52.9 Å². The minimum atomic E-state index is 0.184. The standard InChI is InChI=1S/C20H23N3OS2/c1-20(2,3)15-11-9-14(10-12-15)13-25-19-23-22-18(26-19)21-16-7-5-6-8-17(16)24-4/h5-12H,13H2,1-4H3,(H,21,22). The molecule has 0 unspecified atom stereocenters. The molecule has 0 aliphatic rings. The Morgan fingerprint density at radius 2 is 1.77 bits per heavy atom. The molecule has 3 aromatic rings. The van der Waals surface area contributed by atoms with E-state index in [1.807, 2.05) is 24.3 Å². The van der Waals surface area contributed by atoms with Crippen LogP contribution in [0.1, 0.15) is 31.9 Å². The largest absolute Gasteiger partial charge is 0.495 e. The average molecular weight is 386 g/mol. The number of hydrogen-bond acceptors (Lipinski definition) is 6. The normalized spacial score (nSPS) is 11.4. The van der Waals surface area contributed by atoms with Crippen molar-refractivity contribution in [2.75, 3.05) is 12.4 Å². The lowest BCUT2D eigenvalue weighted by molar-refractivity contribution is 0.417.